The number of hydrogen-bond acceptors (Lipinski definition) is 1. The number of hydrogen-bond donors (Lipinski definition) is 0. The van der Waals surface area contributed by atoms with Crippen LogP contribution >= 0.6 is 22.6 Å². The van der Waals surface area contributed by atoms with Crippen LogP contribution in [0.15, 0.2) is 0 Å². The number of ether oxygens (including phenoxy) is 1. The van der Waals surface area contributed by atoms with Gasteiger partial charge in [0, 0.05) is 11.0 Å². The fraction of sp³-hybridized carbons (Fsp3) is 1.00. The third kappa shape index (κ3) is 1.58. The van der Waals surface area contributed by atoms with Crippen LogP contribution in [0.2, 0.25) is 0 Å². The normalized spacial score (nSPS) is 38.2. The van der Waals surface area contributed by atoms with Crippen molar-refractivity contribution in [3.8, 4) is 0 Å². The van der Waals surface area contributed by atoms with Gasteiger partial charge in [0.25, 0.3) is 0 Å². The monoisotopic (exact) mass is 226 g/mol. The molecule has 0 radical (unpaired) electrons. The van der Waals surface area contributed by atoms with E-state index in [0.717, 1.165) is 17.0 Å². The van der Waals surface area contributed by atoms with Crippen molar-refractivity contribution in [1.29, 1.82) is 0 Å². The van der Waals surface area contributed by atoms with Crippen LogP contribution in [0.4, 0.5) is 0 Å². The molecule has 0 aromatic heterocycles. The first kappa shape index (κ1) is 6.81. The lowest BCUT2D eigenvalue weighted by molar-refractivity contribution is 0.126. The predicted molar refractivity (Wildman–Crippen MR) is 42.4 cm³/mol. The Morgan fingerprint density at radius 3 is 2.75 bits per heavy atom. The van der Waals surface area contributed by atoms with Gasteiger partial charge in [0.2, 0.25) is 0 Å². The van der Waals surface area contributed by atoms with Crippen molar-refractivity contribution < 1.29 is 4.74 Å². The van der Waals surface area contributed by atoms with Crippen molar-refractivity contribution in [2.75, 3.05) is 11.0 Å². The van der Waals surface area contributed by atoms with Gasteiger partial charge in [-0.05, 0) is 12.3 Å². The van der Waals surface area contributed by atoms with E-state index in [-0.39, 0.29) is 0 Å². The molecular formula is C6H11IO. The third-order valence-corrected chi connectivity index (χ3v) is 2.44. The van der Waals surface area contributed by atoms with E-state index in [4.69, 9.17) is 4.74 Å². The van der Waals surface area contributed by atoms with E-state index in [1.807, 2.05) is 0 Å². The molecular weight excluding hydrogens is 215 g/mol. The second-order valence-corrected chi connectivity index (χ2v) is 3.33. The molecule has 1 nitrogen and oxygen atoms in total. The van der Waals surface area contributed by atoms with E-state index in [0.29, 0.717) is 6.10 Å². The van der Waals surface area contributed by atoms with Crippen molar-refractivity contribution >= 4 is 22.6 Å². The van der Waals surface area contributed by atoms with E-state index in [1.165, 1.54) is 6.42 Å². The first-order valence-corrected chi connectivity index (χ1v) is 4.53. The molecule has 48 valence electrons. The Morgan fingerprint density at radius 1 is 1.75 bits per heavy atom. The highest BCUT2D eigenvalue weighted by atomic mass is 127. The van der Waals surface area contributed by atoms with Gasteiger partial charge in [0.05, 0.1) is 6.10 Å². The summed E-state index contributed by atoms with van der Waals surface area (Å²) in [5.74, 6) is 0.801. The molecule has 0 amide bonds. The van der Waals surface area contributed by atoms with Crippen molar-refractivity contribution in [1.82, 2.24) is 0 Å². The van der Waals surface area contributed by atoms with Gasteiger partial charge >= 0.3 is 0 Å². The standard InChI is InChI=1S/C6H11IO/c1-5-2-6(3-7)8-4-5/h5-6H,2-4H2,1H3/t5-,6-/m0/s1. The molecule has 0 aromatic carbocycles. The first-order valence-electron chi connectivity index (χ1n) is 3.00. The number of halogens is 1. The summed E-state index contributed by atoms with van der Waals surface area (Å²) >= 11 is 2.37. The minimum atomic E-state index is 0.561. The van der Waals surface area contributed by atoms with E-state index in [2.05, 4.69) is 29.5 Å². The van der Waals surface area contributed by atoms with Crippen LogP contribution in [-0.2, 0) is 4.74 Å². The molecule has 2 atom stereocenters. The van der Waals surface area contributed by atoms with Gasteiger partial charge in [0.15, 0.2) is 0 Å². The summed E-state index contributed by atoms with van der Waals surface area (Å²) in [7, 11) is 0. The van der Waals surface area contributed by atoms with Gasteiger partial charge < -0.3 is 4.74 Å². The lowest BCUT2D eigenvalue weighted by Gasteiger charge is -2.00. The summed E-state index contributed by atoms with van der Waals surface area (Å²) in [6.45, 7) is 3.22. The third-order valence-electron chi connectivity index (χ3n) is 1.45. The summed E-state index contributed by atoms with van der Waals surface area (Å²) in [5, 5.41) is 0. The molecule has 0 unspecified atom stereocenters. The Morgan fingerprint density at radius 2 is 2.50 bits per heavy atom. The first-order chi connectivity index (χ1) is 3.83. The van der Waals surface area contributed by atoms with Crippen LogP contribution in [-0.4, -0.2) is 17.1 Å². The second kappa shape index (κ2) is 3.01. The lowest BCUT2D eigenvalue weighted by atomic mass is 10.1. The summed E-state index contributed by atoms with van der Waals surface area (Å²) in [5.41, 5.74) is 0. The van der Waals surface area contributed by atoms with E-state index in [9.17, 15) is 0 Å². The molecule has 1 aliphatic rings. The SMILES string of the molecule is C[C@@H]1CO[C@H](CI)C1. The summed E-state index contributed by atoms with van der Waals surface area (Å²) in [6.07, 6.45) is 1.83. The van der Waals surface area contributed by atoms with Gasteiger partial charge in [-0.2, -0.15) is 0 Å². The fourth-order valence-electron chi connectivity index (χ4n) is 0.993. The van der Waals surface area contributed by atoms with Gasteiger partial charge in [-0.1, -0.05) is 29.5 Å². The maximum Gasteiger partial charge on any atom is 0.0668 e. The molecule has 0 saturated carbocycles. The van der Waals surface area contributed by atoms with Crippen LogP contribution in [0.25, 0.3) is 0 Å². The van der Waals surface area contributed by atoms with E-state index >= 15 is 0 Å². The molecule has 1 saturated heterocycles. The number of rotatable bonds is 1. The van der Waals surface area contributed by atoms with Crippen LogP contribution < -0.4 is 0 Å². The zero-order valence-corrected chi connectivity index (χ0v) is 7.22. The largest absolute Gasteiger partial charge is 0.377 e. The Bertz CT molecular complexity index is 74.9. The molecule has 0 aromatic rings. The van der Waals surface area contributed by atoms with Crippen molar-refractivity contribution in [3.63, 3.8) is 0 Å². The zero-order chi connectivity index (χ0) is 5.98. The van der Waals surface area contributed by atoms with Gasteiger partial charge in [-0.15, -0.1) is 0 Å². The van der Waals surface area contributed by atoms with Gasteiger partial charge in [-0.3, -0.25) is 0 Å². The van der Waals surface area contributed by atoms with Crippen molar-refractivity contribution in [2.24, 2.45) is 5.92 Å². The lowest BCUT2D eigenvalue weighted by Crippen LogP contribution is -2.04. The topological polar surface area (TPSA) is 9.23 Å². The van der Waals surface area contributed by atoms with Crippen LogP contribution in [0.3, 0.4) is 0 Å². The highest BCUT2D eigenvalue weighted by Crippen LogP contribution is 2.19. The molecule has 2 heteroatoms. The van der Waals surface area contributed by atoms with Crippen molar-refractivity contribution in [3.05, 3.63) is 0 Å². The van der Waals surface area contributed by atoms with E-state index < -0.39 is 0 Å². The molecule has 1 aliphatic heterocycles. The Balaban J connectivity index is 2.22. The molecule has 1 fully saturated rings. The van der Waals surface area contributed by atoms with E-state index in [1.54, 1.807) is 0 Å². The maximum atomic E-state index is 5.41. The molecule has 8 heavy (non-hydrogen) atoms. The summed E-state index contributed by atoms with van der Waals surface area (Å²) in [4.78, 5) is 0. The Kier molecular flexibility index (Phi) is 2.56. The smallest absolute Gasteiger partial charge is 0.0668 e. The van der Waals surface area contributed by atoms with Crippen LogP contribution in [0.1, 0.15) is 13.3 Å². The molecule has 0 spiro atoms. The summed E-state index contributed by atoms with van der Waals surface area (Å²) < 4.78 is 6.56. The highest BCUT2D eigenvalue weighted by molar-refractivity contribution is 14.1. The molecule has 0 N–H and O–H groups in total. The maximum absolute atomic E-state index is 5.41. The fourth-order valence-corrected chi connectivity index (χ4v) is 1.61. The number of alkyl halides is 1. The summed E-state index contributed by atoms with van der Waals surface area (Å²) in [6, 6.07) is 0. The predicted octanol–water partition coefficient (Wildman–Crippen LogP) is 1.85. The Labute approximate surface area is 63.9 Å². The zero-order valence-electron chi connectivity index (χ0n) is 5.06. The highest BCUT2D eigenvalue weighted by Gasteiger charge is 2.19. The molecule has 1 heterocycles. The van der Waals surface area contributed by atoms with Crippen LogP contribution in [0, 0.1) is 5.92 Å². The molecule has 0 aliphatic carbocycles. The average molecular weight is 226 g/mol. The second-order valence-electron chi connectivity index (χ2n) is 2.45. The molecule has 0 bridgehead atoms. The van der Waals surface area contributed by atoms with Gasteiger partial charge in [0.1, 0.15) is 0 Å². The van der Waals surface area contributed by atoms with Gasteiger partial charge in [-0.25, -0.2) is 0 Å². The van der Waals surface area contributed by atoms with Crippen molar-refractivity contribution in [2.45, 2.75) is 19.4 Å². The molecule has 1 rings (SSSR count). The minimum absolute atomic E-state index is 0.561. The quantitative estimate of drug-likeness (QED) is 0.489. The Hall–Kier alpha value is 0.690. The van der Waals surface area contributed by atoms with Crippen LogP contribution in [0.5, 0.6) is 0 Å². The average Bonchev–Trinajstić information content (AvgIpc) is 2.14. The minimum Gasteiger partial charge on any atom is -0.377 e.